The zero-order chi connectivity index (χ0) is 30.1. The van der Waals surface area contributed by atoms with Gasteiger partial charge in [-0.3, -0.25) is 0 Å². The van der Waals surface area contributed by atoms with Gasteiger partial charge in [0.1, 0.15) is 18.0 Å². The molecule has 0 aliphatic heterocycles. The zero-order valence-electron chi connectivity index (χ0n) is 25.4. The topological polar surface area (TPSA) is 78.3 Å². The number of hydrogen-bond donors (Lipinski definition) is 1. The van der Waals surface area contributed by atoms with Crippen molar-refractivity contribution in [2.45, 2.75) is 51.4 Å². The molecule has 0 saturated heterocycles. The molecule has 0 atom stereocenters. The molecule has 224 valence electrons. The molecule has 2 aromatic heterocycles. The van der Waals surface area contributed by atoms with Crippen molar-refractivity contribution in [3.63, 3.8) is 0 Å². The van der Waals surface area contributed by atoms with Gasteiger partial charge in [0.25, 0.3) is 0 Å². The summed E-state index contributed by atoms with van der Waals surface area (Å²) in [7, 11) is -0.619. The van der Waals surface area contributed by atoms with Gasteiger partial charge in [-0.2, -0.15) is 4.98 Å². The van der Waals surface area contributed by atoms with Crippen LogP contribution in [0.3, 0.4) is 0 Å². The van der Waals surface area contributed by atoms with Crippen LogP contribution in [0.2, 0.25) is 5.28 Å². The summed E-state index contributed by atoms with van der Waals surface area (Å²) < 4.78 is 13.5. The quantitative estimate of drug-likeness (QED) is 0.164. The number of nitrogens with zero attached hydrogens (tertiary/aromatic N) is 3. The summed E-state index contributed by atoms with van der Waals surface area (Å²) in [6.07, 6.45) is 10.1. The molecule has 0 saturated carbocycles. The minimum absolute atomic E-state index is 0.191. The van der Waals surface area contributed by atoms with Crippen molar-refractivity contribution in [2.24, 2.45) is 0 Å². The Hall–Kier alpha value is -3.07. The van der Waals surface area contributed by atoms with E-state index in [9.17, 15) is 4.79 Å². The second kappa shape index (κ2) is 11.9. The lowest BCUT2D eigenvalue weighted by Gasteiger charge is -2.31. The molecule has 0 spiro atoms. The molecule has 1 aliphatic rings. The Labute approximate surface area is 255 Å². The molecule has 1 amide bonds. The van der Waals surface area contributed by atoms with E-state index in [0.717, 1.165) is 46.4 Å². The molecule has 0 fully saturated rings. The molecule has 0 unspecified atom stereocenters. The van der Waals surface area contributed by atoms with Gasteiger partial charge in [0.05, 0.1) is 12.3 Å². The molecule has 2 heterocycles. The first-order chi connectivity index (χ1) is 19.8. The highest BCUT2D eigenvalue weighted by Gasteiger charge is 2.39. The molecule has 4 aromatic rings. The van der Waals surface area contributed by atoms with Gasteiger partial charge in [-0.05, 0) is 92.8 Å². The third kappa shape index (κ3) is 7.10. The van der Waals surface area contributed by atoms with E-state index in [1.54, 1.807) is 0 Å². The van der Waals surface area contributed by atoms with E-state index in [1.807, 2.05) is 37.6 Å². The average Bonchev–Trinajstić information content (AvgIpc) is 3.50. The summed E-state index contributed by atoms with van der Waals surface area (Å²) in [5.41, 5.74) is 5.29. The Morgan fingerprint density at radius 1 is 1.05 bits per heavy atom. The number of nitrogens with one attached hydrogen (secondary N) is 1. The number of alkyl carbamates (subject to hydrolysis) is 1. The van der Waals surface area contributed by atoms with Gasteiger partial charge in [-0.1, -0.05) is 42.5 Å². The largest absolute Gasteiger partial charge is 0.444 e. The number of benzene rings is 2. The summed E-state index contributed by atoms with van der Waals surface area (Å²) in [4.78, 5) is 21.9. The van der Waals surface area contributed by atoms with Crippen LogP contribution in [0.4, 0.5) is 4.79 Å². The lowest BCUT2D eigenvalue weighted by molar-refractivity contribution is 0.0514. The highest BCUT2D eigenvalue weighted by atomic mass is 35.5. The Kier molecular flexibility index (Phi) is 8.61. The molecule has 2 aromatic carbocycles. The maximum absolute atomic E-state index is 12.7. The van der Waals surface area contributed by atoms with Crippen LogP contribution in [-0.4, -0.2) is 63.9 Å². The van der Waals surface area contributed by atoms with Crippen LogP contribution < -0.4 is 5.32 Å². The predicted octanol–water partition coefficient (Wildman–Crippen LogP) is 6.98. The molecule has 1 aliphatic carbocycles. The van der Waals surface area contributed by atoms with E-state index < -0.39 is 21.7 Å². The zero-order valence-corrected chi connectivity index (χ0v) is 26.9. The molecule has 0 bridgehead atoms. The maximum atomic E-state index is 12.7. The Morgan fingerprint density at radius 3 is 2.43 bits per heavy atom. The molecule has 5 rings (SSSR count). The molecule has 0 radical (unpaired) electrons. The number of aromatic nitrogens is 3. The number of carbonyl (C=O) groups excluding carboxylic acids is 1. The molecule has 7 nitrogen and oxygen atoms in total. The van der Waals surface area contributed by atoms with E-state index >= 15 is 0 Å². The van der Waals surface area contributed by atoms with Crippen molar-refractivity contribution in [1.82, 2.24) is 19.9 Å². The molecule has 1 N–H and O–H groups in total. The van der Waals surface area contributed by atoms with Crippen LogP contribution in [0.25, 0.3) is 22.3 Å². The number of rotatable bonds is 9. The minimum atomic E-state index is -0.619. The first-order valence-electron chi connectivity index (χ1n) is 14.2. The third-order valence-electron chi connectivity index (χ3n) is 7.56. The monoisotopic (exact) mass is 608 g/mol. The van der Waals surface area contributed by atoms with E-state index in [1.165, 1.54) is 11.1 Å². The van der Waals surface area contributed by atoms with E-state index in [2.05, 4.69) is 82.6 Å². The first kappa shape index (κ1) is 30.4. The lowest BCUT2D eigenvalue weighted by Crippen LogP contribution is -2.43. The number of carbonyl (C=O) groups is 1. The second-order valence-corrected chi connectivity index (χ2v) is 18.0. The lowest BCUT2D eigenvalue weighted by atomic mass is 9.77. The van der Waals surface area contributed by atoms with Crippen molar-refractivity contribution in [1.29, 1.82) is 0 Å². The van der Waals surface area contributed by atoms with Crippen LogP contribution in [0.5, 0.6) is 0 Å². The van der Waals surface area contributed by atoms with Gasteiger partial charge >= 0.3 is 6.09 Å². The molecule has 42 heavy (non-hydrogen) atoms. The normalized spacial score (nSPS) is 15.0. The van der Waals surface area contributed by atoms with Crippen LogP contribution in [0.15, 0.2) is 60.8 Å². The number of amides is 1. The fraction of sp³-hybridized carbons (Fsp3) is 0.424. The first-order valence-corrected chi connectivity index (χ1v) is 17.6. The summed E-state index contributed by atoms with van der Waals surface area (Å²) in [6, 6.07) is 19.0. The molecular formula is C33H41ClN4O3S. The second-order valence-electron chi connectivity index (χ2n) is 13.0. The van der Waals surface area contributed by atoms with Gasteiger partial charge in [0, 0.05) is 34.9 Å². The van der Waals surface area contributed by atoms with Crippen molar-refractivity contribution in [3.05, 3.63) is 82.8 Å². The smallest absolute Gasteiger partial charge is 0.407 e. The van der Waals surface area contributed by atoms with Gasteiger partial charge in [-0.25, -0.2) is 19.8 Å². The third-order valence-corrected chi connectivity index (χ3v) is 9.12. The SMILES string of the molecule is CC(C)(C)OC(=O)NCC1(c2cccc(-c3nc(Cl)nc4c3ccn4COCCS(C)(C)C)c2)Cc2ccccc2C1. The van der Waals surface area contributed by atoms with Gasteiger partial charge in [-0.15, -0.1) is 0 Å². The van der Waals surface area contributed by atoms with Crippen LogP contribution in [-0.2, 0) is 34.5 Å². The summed E-state index contributed by atoms with van der Waals surface area (Å²) in [5.74, 6) is 1.05. The summed E-state index contributed by atoms with van der Waals surface area (Å²) >= 11 is 6.48. The van der Waals surface area contributed by atoms with Crippen molar-refractivity contribution >= 4 is 38.8 Å². The summed E-state index contributed by atoms with van der Waals surface area (Å²) in [6.45, 7) is 7.17. The van der Waals surface area contributed by atoms with Crippen LogP contribution in [0, 0.1) is 0 Å². The fourth-order valence-electron chi connectivity index (χ4n) is 5.51. The Morgan fingerprint density at radius 2 is 1.76 bits per heavy atom. The molecule has 9 heteroatoms. The molecular weight excluding hydrogens is 568 g/mol. The highest BCUT2D eigenvalue weighted by molar-refractivity contribution is 8.32. The standard InChI is InChI=1S/C33H41ClN4O3S/c1-32(2,3)41-31(39)35-21-33(19-24-10-7-8-11-25(24)20-33)26-13-9-12-23(18-26)28-27-14-15-38(29(27)37-30(34)36-28)22-40-16-17-42(4,5)6/h7-15,18H,16-17,19-22H2,1-6H3,(H,35,39). The van der Waals surface area contributed by atoms with Crippen LogP contribution >= 0.6 is 21.6 Å². The van der Waals surface area contributed by atoms with Gasteiger partial charge < -0.3 is 19.4 Å². The predicted molar refractivity (Wildman–Crippen MR) is 174 cm³/mol. The van der Waals surface area contributed by atoms with Crippen molar-refractivity contribution in [3.8, 4) is 11.3 Å². The highest BCUT2D eigenvalue weighted by Crippen LogP contribution is 2.41. The average molecular weight is 609 g/mol. The van der Waals surface area contributed by atoms with Crippen molar-refractivity contribution < 1.29 is 14.3 Å². The van der Waals surface area contributed by atoms with Crippen molar-refractivity contribution in [2.75, 3.05) is 37.7 Å². The van der Waals surface area contributed by atoms with Gasteiger partial charge in [0.15, 0.2) is 0 Å². The maximum Gasteiger partial charge on any atom is 0.407 e. The number of fused-ring (bicyclic) bond motifs is 2. The minimum Gasteiger partial charge on any atom is -0.444 e. The number of ether oxygens (including phenoxy) is 2. The van der Waals surface area contributed by atoms with Gasteiger partial charge in [0.2, 0.25) is 5.28 Å². The fourth-order valence-corrected chi connectivity index (χ4v) is 6.29. The number of halogens is 1. The summed E-state index contributed by atoms with van der Waals surface area (Å²) in [5, 5.41) is 4.17. The van der Waals surface area contributed by atoms with E-state index in [4.69, 9.17) is 21.1 Å². The van der Waals surface area contributed by atoms with Crippen LogP contribution in [0.1, 0.15) is 37.5 Å². The van der Waals surface area contributed by atoms with E-state index in [-0.39, 0.29) is 10.7 Å². The Bertz CT molecular complexity index is 1560. The Balaban J connectivity index is 1.46. The van der Waals surface area contributed by atoms with E-state index in [0.29, 0.717) is 19.9 Å². The number of hydrogen-bond acceptors (Lipinski definition) is 5.